The van der Waals surface area contributed by atoms with Gasteiger partial charge >= 0.3 is 0 Å². The van der Waals surface area contributed by atoms with Crippen LogP contribution < -0.4 is 47.7 Å². The summed E-state index contributed by atoms with van der Waals surface area (Å²) in [6, 6.07) is 5.39. The Balaban J connectivity index is 1.03. The molecule has 13 N–H and O–H groups in total. The van der Waals surface area contributed by atoms with Gasteiger partial charge in [0.05, 0.1) is 19.3 Å². The Kier molecular flexibility index (Phi) is 24.8. The number of ether oxygens (including phenoxy) is 1. The summed E-state index contributed by atoms with van der Waals surface area (Å²) in [5.41, 5.74) is 9.52. The minimum Gasteiger partial charge on any atom is -0.497 e. The number of benzene rings is 3. The van der Waals surface area contributed by atoms with Gasteiger partial charge in [0.2, 0.25) is 53.2 Å². The Morgan fingerprint density at radius 1 is 0.740 bits per heavy atom. The van der Waals surface area contributed by atoms with Gasteiger partial charge in [-0.2, -0.15) is 23.5 Å². The van der Waals surface area contributed by atoms with Crippen LogP contribution in [-0.4, -0.2) is 188 Å². The highest BCUT2D eigenvalue weighted by atomic mass is 32.2. The number of halogens is 2. The minimum absolute atomic E-state index is 0.00590. The lowest BCUT2D eigenvalue weighted by atomic mass is 9.95. The van der Waals surface area contributed by atoms with Gasteiger partial charge in [-0.15, -0.1) is 0 Å². The maximum Gasteiger partial charge on any atom is 0.246 e. The van der Waals surface area contributed by atoms with Crippen LogP contribution in [0.25, 0.3) is 17.0 Å². The summed E-state index contributed by atoms with van der Waals surface area (Å²) in [6.45, 7) is 4.55. The van der Waals surface area contributed by atoms with Crippen molar-refractivity contribution in [2.75, 3.05) is 44.8 Å². The van der Waals surface area contributed by atoms with Gasteiger partial charge in [0.25, 0.3) is 0 Å². The Labute approximate surface area is 563 Å². The number of unbranched alkanes of at least 4 members (excludes halogenated alkanes) is 1. The number of allylic oxidation sites excluding steroid dienone is 1. The second-order valence-electron chi connectivity index (χ2n) is 25.2. The number of aromatic amines is 2. The predicted molar refractivity (Wildman–Crippen MR) is 360 cm³/mol. The molecule has 0 unspecified atom stereocenters. The molecule has 10 atom stereocenters. The van der Waals surface area contributed by atoms with E-state index in [1.807, 2.05) is 18.2 Å². The SMILES string of the molecule is COc1ccc(C[C@@H]2NC(=O)[C@@H]([C@H](C)O)NC(=O)[C@@H]3C[C@H](O)CN3C(=O)[C@H](Cc3c[nH]c4c3CC=C4)NC(=O)[C@H](Cc3c[nH]c4ccc(F)cc34)NC(=O)[C@@H](C)NC(=O)[C@H](CCCCN)NC(=O)CCSCc3cc(F)cc(c3)CSCCNC(=O)[C@]3(C)CCCN3C2=O)cc1. The lowest BCUT2D eigenvalue weighted by Gasteiger charge is -2.37. The summed E-state index contributed by atoms with van der Waals surface area (Å²) in [5.74, 6) is -5.73. The van der Waals surface area contributed by atoms with E-state index < -0.39 is 131 Å². The van der Waals surface area contributed by atoms with Gasteiger partial charge in [-0.25, -0.2) is 8.78 Å². The summed E-state index contributed by atoms with van der Waals surface area (Å²) in [5, 5.41) is 42.4. The molecule has 0 radical (unpaired) electrons. The van der Waals surface area contributed by atoms with E-state index in [9.17, 15) is 43.4 Å². The van der Waals surface area contributed by atoms with Gasteiger partial charge in [-0.05, 0) is 148 Å². The third-order valence-corrected chi connectivity index (χ3v) is 20.1. The molecule has 2 bridgehead atoms. The standard InChI is InChI=1S/C68H86F2N12O12S2/c1-38-60(86)77-54(29-44-34-74-52-17-14-45(69)31-50(44)52)62(88)78-56(30-43-33-73-51-11-7-9-49(43)51)65(91)81-35-47(84)32-57(81)63(89)80-59(39(2)83)64(90)79-55(28-40-12-15-48(94-4)16-13-40)66(92)82-22-8-19-68(82,3)67(93)72-21-24-96-37-42-25-41(26-46(70)27-42)36-95-23-18-58(85)76-53(61(87)75-38)10-5-6-20-71/h7,11-17,25-27,31,33-34,38-39,47,53-57,59,73-74,83-84H,5-6,8-10,18-24,28-30,32,35-37,71H2,1-4H3,(H,72,93)(H,75,87)(H,76,85)(H,77,86)(H,78,88)(H,79,90)(H,80,89)/t38-,39+,47+,53+,54+,55+,56+,57+,59-,68+/m1/s1. The lowest BCUT2D eigenvalue weighted by Crippen LogP contribution is -2.63. The number of rotatable bonds is 12. The molecule has 3 aromatic carbocycles. The molecule has 2 aromatic heterocycles. The summed E-state index contributed by atoms with van der Waals surface area (Å²) in [4.78, 5) is 140. The number of fused-ring (bicyclic) bond motifs is 6. The monoisotopic (exact) mass is 1360 g/mol. The molecule has 96 heavy (non-hydrogen) atoms. The number of aromatic nitrogens is 2. The van der Waals surface area contributed by atoms with Crippen LogP contribution in [0, 0.1) is 11.6 Å². The van der Waals surface area contributed by atoms with Gasteiger partial charge < -0.3 is 77.7 Å². The molecule has 9 amide bonds. The van der Waals surface area contributed by atoms with Crippen LogP contribution in [0.4, 0.5) is 8.78 Å². The summed E-state index contributed by atoms with van der Waals surface area (Å²) < 4.78 is 35.3. The Morgan fingerprint density at radius 3 is 2.16 bits per heavy atom. The van der Waals surface area contributed by atoms with E-state index in [0.717, 1.165) is 16.2 Å². The third kappa shape index (κ3) is 18.2. The van der Waals surface area contributed by atoms with Gasteiger partial charge in [-0.1, -0.05) is 24.3 Å². The maximum atomic E-state index is 15.4. The number of aliphatic hydroxyl groups is 2. The van der Waals surface area contributed by atoms with E-state index in [0.29, 0.717) is 99.7 Å². The molecule has 4 aliphatic rings. The lowest BCUT2D eigenvalue weighted by molar-refractivity contribution is -0.147. The molecule has 24 nitrogen and oxygen atoms in total. The number of thioether (sulfide) groups is 2. The zero-order chi connectivity index (χ0) is 68.8. The molecule has 0 saturated carbocycles. The largest absolute Gasteiger partial charge is 0.497 e. The number of nitrogens with one attached hydrogen (secondary N) is 9. The van der Waals surface area contributed by atoms with E-state index in [4.69, 9.17) is 10.5 Å². The first-order valence-corrected chi connectivity index (χ1v) is 34.8. The van der Waals surface area contributed by atoms with Gasteiger partial charge in [-0.3, -0.25) is 43.2 Å². The second-order valence-corrected chi connectivity index (χ2v) is 27.4. The van der Waals surface area contributed by atoms with E-state index in [1.54, 1.807) is 43.6 Å². The molecule has 2 saturated heterocycles. The number of methoxy groups -OCH3 is 1. The Morgan fingerprint density at radius 2 is 1.43 bits per heavy atom. The van der Waals surface area contributed by atoms with E-state index in [1.165, 1.54) is 79.7 Å². The number of carbonyl (C=O) groups is 9. The molecular formula is C68H86F2N12O12S2. The van der Waals surface area contributed by atoms with E-state index in [-0.39, 0.29) is 58.0 Å². The van der Waals surface area contributed by atoms with Gasteiger partial charge in [0.15, 0.2) is 0 Å². The van der Waals surface area contributed by atoms with Crippen molar-refractivity contribution in [2.24, 2.45) is 5.73 Å². The number of nitrogens with two attached hydrogens (primary N) is 1. The molecule has 5 aromatic rings. The number of nitrogens with zero attached hydrogens (tertiary/aromatic N) is 2. The van der Waals surface area contributed by atoms with Crippen molar-refractivity contribution >= 4 is 93.7 Å². The summed E-state index contributed by atoms with van der Waals surface area (Å²) in [6.07, 6.45) is 5.55. The highest BCUT2D eigenvalue weighted by Gasteiger charge is 2.49. The number of hydrogen-bond acceptors (Lipinski definition) is 15. The van der Waals surface area contributed by atoms with Crippen LogP contribution in [0.1, 0.15) is 105 Å². The average Bonchev–Trinajstić information content (AvgIpc) is 1.56. The van der Waals surface area contributed by atoms with Crippen molar-refractivity contribution in [3.63, 3.8) is 0 Å². The normalized spacial score (nSPS) is 25.5. The molecule has 516 valence electrons. The fourth-order valence-corrected chi connectivity index (χ4v) is 14.4. The highest BCUT2D eigenvalue weighted by molar-refractivity contribution is 7.98. The molecular weight excluding hydrogens is 1280 g/mol. The zero-order valence-electron chi connectivity index (χ0n) is 54.2. The van der Waals surface area contributed by atoms with Gasteiger partial charge in [0.1, 0.15) is 65.2 Å². The number of amides is 9. The number of carbonyl (C=O) groups excluding carboxylic acids is 9. The summed E-state index contributed by atoms with van der Waals surface area (Å²) in [7, 11) is 1.49. The first kappa shape index (κ1) is 72.0. The summed E-state index contributed by atoms with van der Waals surface area (Å²) >= 11 is 2.85. The fourth-order valence-electron chi connectivity index (χ4n) is 12.7. The quantitative estimate of drug-likeness (QED) is 0.0800. The van der Waals surface area contributed by atoms with E-state index in [2.05, 4.69) is 47.2 Å². The maximum absolute atomic E-state index is 15.4. The molecule has 5 heterocycles. The first-order chi connectivity index (χ1) is 46.0. The van der Waals surface area contributed by atoms with Crippen molar-refractivity contribution in [1.82, 2.24) is 57.0 Å². The second kappa shape index (κ2) is 33.1. The number of hydrogen-bond donors (Lipinski definition) is 12. The molecule has 3 aliphatic heterocycles. The van der Waals surface area contributed by atoms with Crippen molar-refractivity contribution < 1.29 is 66.9 Å². The predicted octanol–water partition coefficient (Wildman–Crippen LogP) is 2.85. The van der Waals surface area contributed by atoms with Crippen LogP contribution in [0.5, 0.6) is 5.75 Å². The van der Waals surface area contributed by atoms with Crippen molar-refractivity contribution in [3.05, 3.63) is 130 Å². The Hall–Kier alpha value is -8.31. The molecule has 28 heteroatoms. The molecule has 2 fully saturated rings. The number of H-pyrrole nitrogens is 2. The fraction of sp³-hybridized carbons (Fsp3) is 0.485. The molecule has 9 rings (SSSR count). The average molecular weight is 1370 g/mol. The molecule has 0 spiro atoms. The van der Waals surface area contributed by atoms with E-state index >= 15 is 18.8 Å². The first-order valence-electron chi connectivity index (χ1n) is 32.5. The van der Waals surface area contributed by atoms with Crippen LogP contribution in [0.2, 0.25) is 0 Å². The third-order valence-electron chi connectivity index (χ3n) is 18.0. The minimum atomic E-state index is -1.76. The Bertz CT molecular complexity index is 3680. The topological polar surface area (TPSA) is 352 Å². The van der Waals surface area contributed by atoms with Gasteiger partial charge in [0, 0.05) is 104 Å². The van der Waals surface area contributed by atoms with Crippen LogP contribution in [0.3, 0.4) is 0 Å². The molecule has 1 aliphatic carbocycles. The smallest absolute Gasteiger partial charge is 0.246 e. The zero-order valence-corrected chi connectivity index (χ0v) is 55.9. The van der Waals surface area contributed by atoms with Crippen molar-refractivity contribution in [1.29, 1.82) is 0 Å². The van der Waals surface area contributed by atoms with Crippen LogP contribution >= 0.6 is 23.5 Å². The highest BCUT2D eigenvalue weighted by Crippen LogP contribution is 2.32. The van der Waals surface area contributed by atoms with Crippen molar-refractivity contribution in [2.45, 2.75) is 163 Å². The van der Waals surface area contributed by atoms with Crippen LogP contribution in [-0.2, 0) is 80.3 Å². The van der Waals surface area contributed by atoms with Crippen LogP contribution in [0.15, 0.2) is 79.1 Å². The van der Waals surface area contributed by atoms with Crippen molar-refractivity contribution in [3.8, 4) is 5.75 Å². The number of aliphatic hydroxyl groups excluding tert-OH is 2.